The zero-order valence-corrected chi connectivity index (χ0v) is 14.2. The maximum Gasteiger partial charge on any atom is 0.318 e. The fraction of sp³-hybridized carbons (Fsp3) is 0.500. The molecular formula is C18H23N5O2. The van der Waals surface area contributed by atoms with Gasteiger partial charge in [0.25, 0.3) is 0 Å². The fourth-order valence-corrected chi connectivity index (χ4v) is 3.57. The van der Waals surface area contributed by atoms with E-state index in [9.17, 15) is 4.79 Å². The molecule has 4 rings (SSSR count). The van der Waals surface area contributed by atoms with E-state index in [2.05, 4.69) is 27.5 Å². The number of benzene rings is 1. The first-order chi connectivity index (χ1) is 12.3. The third-order valence-electron chi connectivity index (χ3n) is 4.85. The third-order valence-corrected chi connectivity index (χ3v) is 4.85. The van der Waals surface area contributed by atoms with E-state index in [1.807, 2.05) is 27.8 Å². The average Bonchev–Trinajstić information content (AvgIpc) is 3.13. The number of carbonyl (C=O) groups is 1. The number of aryl methyl sites for hydroxylation is 1. The van der Waals surface area contributed by atoms with Crippen molar-refractivity contribution in [2.45, 2.75) is 38.0 Å². The van der Waals surface area contributed by atoms with Crippen LogP contribution in [0.3, 0.4) is 0 Å². The summed E-state index contributed by atoms with van der Waals surface area (Å²) >= 11 is 0. The Hall–Kier alpha value is -2.41. The standard InChI is InChI=1S/C18H23N5O2/c24-18(21-16-7-4-8-23-17(16)19-13-20-23)22-9-10-25-15(12-22)11-14-5-2-1-3-6-14/h1-3,5-6,13,15-16H,4,7-12H2,(H,21,24)/t15-,16-/m0/s1. The highest BCUT2D eigenvalue weighted by molar-refractivity contribution is 5.74. The van der Waals surface area contributed by atoms with E-state index in [-0.39, 0.29) is 18.2 Å². The highest BCUT2D eigenvalue weighted by Gasteiger charge is 2.29. The molecule has 1 aromatic heterocycles. The average molecular weight is 341 g/mol. The van der Waals surface area contributed by atoms with Gasteiger partial charge in [0.05, 0.1) is 18.8 Å². The van der Waals surface area contributed by atoms with Gasteiger partial charge in [-0.15, -0.1) is 0 Å². The number of hydrogen-bond acceptors (Lipinski definition) is 4. The van der Waals surface area contributed by atoms with E-state index in [1.165, 1.54) is 5.56 Å². The lowest BCUT2D eigenvalue weighted by Gasteiger charge is -2.34. The van der Waals surface area contributed by atoms with E-state index in [1.54, 1.807) is 6.33 Å². The number of morpholine rings is 1. The lowest BCUT2D eigenvalue weighted by molar-refractivity contribution is -0.0138. The van der Waals surface area contributed by atoms with Crippen molar-refractivity contribution in [3.05, 3.63) is 48.0 Å². The van der Waals surface area contributed by atoms with Crippen LogP contribution in [0, 0.1) is 0 Å². The van der Waals surface area contributed by atoms with E-state index in [4.69, 9.17) is 4.74 Å². The fourth-order valence-electron chi connectivity index (χ4n) is 3.57. The molecule has 0 spiro atoms. The first-order valence-electron chi connectivity index (χ1n) is 8.88. The summed E-state index contributed by atoms with van der Waals surface area (Å²) in [5.41, 5.74) is 1.23. The molecule has 1 N–H and O–H groups in total. The zero-order valence-electron chi connectivity index (χ0n) is 14.2. The Kier molecular flexibility index (Phi) is 4.65. The molecule has 0 radical (unpaired) electrons. The minimum absolute atomic E-state index is 0.0388. The number of hydrogen-bond donors (Lipinski definition) is 1. The molecular weight excluding hydrogens is 318 g/mol. The van der Waals surface area contributed by atoms with Gasteiger partial charge in [-0.25, -0.2) is 14.5 Å². The van der Waals surface area contributed by atoms with Crippen LogP contribution in [-0.2, 0) is 17.7 Å². The molecule has 132 valence electrons. The second-order valence-corrected chi connectivity index (χ2v) is 6.61. The van der Waals surface area contributed by atoms with E-state index < -0.39 is 0 Å². The number of nitrogens with zero attached hydrogens (tertiary/aromatic N) is 4. The number of aromatic nitrogens is 3. The number of urea groups is 1. The second-order valence-electron chi connectivity index (χ2n) is 6.61. The van der Waals surface area contributed by atoms with Gasteiger partial charge in [0.15, 0.2) is 0 Å². The van der Waals surface area contributed by atoms with Gasteiger partial charge in [-0.1, -0.05) is 30.3 Å². The molecule has 2 aliphatic rings. The van der Waals surface area contributed by atoms with E-state index in [0.717, 1.165) is 31.6 Å². The summed E-state index contributed by atoms with van der Waals surface area (Å²) in [6.07, 6.45) is 4.33. The highest BCUT2D eigenvalue weighted by Crippen LogP contribution is 2.22. The zero-order chi connectivity index (χ0) is 17.1. The molecule has 3 heterocycles. The van der Waals surface area contributed by atoms with Gasteiger partial charge in [0, 0.05) is 26.1 Å². The monoisotopic (exact) mass is 341 g/mol. The van der Waals surface area contributed by atoms with Gasteiger partial charge in [-0.3, -0.25) is 0 Å². The van der Waals surface area contributed by atoms with Crippen LogP contribution in [0.25, 0.3) is 0 Å². The summed E-state index contributed by atoms with van der Waals surface area (Å²) in [6, 6.07) is 10.2. The Morgan fingerprint density at radius 3 is 3.04 bits per heavy atom. The summed E-state index contributed by atoms with van der Waals surface area (Å²) in [6.45, 7) is 2.68. The summed E-state index contributed by atoms with van der Waals surface area (Å²) in [5.74, 6) is 0.855. The van der Waals surface area contributed by atoms with E-state index in [0.29, 0.717) is 19.7 Å². The number of amides is 2. The lowest BCUT2D eigenvalue weighted by atomic mass is 10.1. The van der Waals surface area contributed by atoms with Gasteiger partial charge in [0.2, 0.25) is 0 Å². The predicted octanol–water partition coefficient (Wildman–Crippen LogP) is 1.77. The SMILES string of the molecule is O=C(N[C@H]1CCCn2ncnc21)N1CCO[C@@H](Cc2ccccc2)C1. The number of carbonyl (C=O) groups excluding carboxylic acids is 1. The molecule has 0 unspecified atom stereocenters. The minimum Gasteiger partial charge on any atom is -0.374 e. The summed E-state index contributed by atoms with van der Waals surface area (Å²) in [7, 11) is 0. The van der Waals surface area contributed by atoms with Crippen LogP contribution >= 0.6 is 0 Å². The molecule has 1 fully saturated rings. The van der Waals surface area contributed by atoms with Crippen molar-refractivity contribution in [1.29, 1.82) is 0 Å². The summed E-state index contributed by atoms with van der Waals surface area (Å²) in [5, 5.41) is 7.33. The van der Waals surface area contributed by atoms with Gasteiger partial charge in [0.1, 0.15) is 12.2 Å². The quantitative estimate of drug-likeness (QED) is 0.923. The number of nitrogens with one attached hydrogen (secondary N) is 1. The van der Waals surface area contributed by atoms with Gasteiger partial charge >= 0.3 is 6.03 Å². The Morgan fingerprint density at radius 2 is 2.16 bits per heavy atom. The van der Waals surface area contributed by atoms with Crippen molar-refractivity contribution in [1.82, 2.24) is 25.0 Å². The number of rotatable bonds is 3. The Labute approximate surface area is 147 Å². The van der Waals surface area contributed by atoms with Crippen molar-refractivity contribution >= 4 is 6.03 Å². The van der Waals surface area contributed by atoms with Gasteiger partial charge < -0.3 is 15.0 Å². The molecule has 1 saturated heterocycles. The van der Waals surface area contributed by atoms with Gasteiger partial charge in [-0.05, 0) is 18.4 Å². The first-order valence-corrected chi connectivity index (χ1v) is 8.88. The minimum atomic E-state index is -0.0563. The van der Waals surface area contributed by atoms with Crippen LogP contribution in [0.5, 0.6) is 0 Å². The Balaban J connectivity index is 1.36. The first kappa shape index (κ1) is 16.1. The second kappa shape index (κ2) is 7.23. The lowest BCUT2D eigenvalue weighted by Crippen LogP contribution is -2.51. The smallest absolute Gasteiger partial charge is 0.318 e. The van der Waals surface area contributed by atoms with Crippen molar-refractivity contribution in [3.63, 3.8) is 0 Å². The van der Waals surface area contributed by atoms with Crippen LogP contribution in [0.15, 0.2) is 36.7 Å². The predicted molar refractivity (Wildman–Crippen MR) is 92.0 cm³/mol. The largest absolute Gasteiger partial charge is 0.374 e. The van der Waals surface area contributed by atoms with Crippen LogP contribution < -0.4 is 5.32 Å². The number of ether oxygens (including phenoxy) is 1. The molecule has 2 atom stereocenters. The molecule has 0 bridgehead atoms. The van der Waals surface area contributed by atoms with Crippen LogP contribution in [0.1, 0.15) is 30.3 Å². The Morgan fingerprint density at radius 1 is 1.28 bits per heavy atom. The molecule has 2 amide bonds. The molecule has 1 aromatic carbocycles. The van der Waals surface area contributed by atoms with E-state index >= 15 is 0 Å². The summed E-state index contributed by atoms with van der Waals surface area (Å²) in [4.78, 5) is 18.9. The molecule has 2 aliphatic heterocycles. The number of fused-ring (bicyclic) bond motifs is 1. The van der Waals surface area contributed by atoms with Crippen LogP contribution in [-0.4, -0.2) is 51.5 Å². The maximum atomic E-state index is 12.7. The molecule has 7 heteroatoms. The summed E-state index contributed by atoms with van der Waals surface area (Å²) < 4.78 is 7.73. The van der Waals surface area contributed by atoms with Crippen molar-refractivity contribution in [3.8, 4) is 0 Å². The molecule has 0 aliphatic carbocycles. The van der Waals surface area contributed by atoms with Crippen LogP contribution in [0.4, 0.5) is 4.79 Å². The normalized spacial score (nSPS) is 23.1. The molecule has 0 saturated carbocycles. The molecule has 7 nitrogen and oxygen atoms in total. The van der Waals surface area contributed by atoms with Crippen LogP contribution in [0.2, 0.25) is 0 Å². The molecule has 2 aromatic rings. The maximum absolute atomic E-state index is 12.7. The topological polar surface area (TPSA) is 72.3 Å². The third kappa shape index (κ3) is 3.66. The Bertz CT molecular complexity index is 717. The van der Waals surface area contributed by atoms with Crippen molar-refractivity contribution in [2.24, 2.45) is 0 Å². The molecule has 25 heavy (non-hydrogen) atoms. The van der Waals surface area contributed by atoms with Crippen molar-refractivity contribution < 1.29 is 9.53 Å². The highest BCUT2D eigenvalue weighted by atomic mass is 16.5. The van der Waals surface area contributed by atoms with Gasteiger partial charge in [-0.2, -0.15) is 5.10 Å². The van der Waals surface area contributed by atoms with Crippen molar-refractivity contribution in [2.75, 3.05) is 19.7 Å².